The zero-order valence-electron chi connectivity index (χ0n) is 13.8. The van der Waals surface area contributed by atoms with Gasteiger partial charge in [0.1, 0.15) is 11.4 Å². The van der Waals surface area contributed by atoms with Crippen LogP contribution in [-0.4, -0.2) is 27.1 Å². The van der Waals surface area contributed by atoms with Crippen molar-refractivity contribution in [2.24, 2.45) is 0 Å². The number of hydrogen-bond donors (Lipinski definition) is 1. The predicted octanol–water partition coefficient (Wildman–Crippen LogP) is 3.20. The van der Waals surface area contributed by atoms with E-state index in [9.17, 15) is 14.0 Å². The van der Waals surface area contributed by atoms with E-state index in [0.717, 1.165) is 0 Å². The fourth-order valence-corrected chi connectivity index (χ4v) is 2.24. The second-order valence-electron chi connectivity index (χ2n) is 6.77. The number of halogens is 1. The van der Waals surface area contributed by atoms with Crippen LogP contribution in [0.4, 0.5) is 9.18 Å². The van der Waals surface area contributed by atoms with Gasteiger partial charge in [-0.15, -0.1) is 0 Å². The van der Waals surface area contributed by atoms with Gasteiger partial charge in [-0.25, -0.2) is 9.78 Å². The number of amides is 1. The highest BCUT2D eigenvalue weighted by Crippen LogP contribution is 2.24. The van der Waals surface area contributed by atoms with Gasteiger partial charge in [-0.3, -0.25) is 4.79 Å². The van der Waals surface area contributed by atoms with Crippen LogP contribution in [0.25, 0.3) is 5.52 Å². The molecule has 2 rings (SSSR count). The fourth-order valence-electron chi connectivity index (χ4n) is 2.24. The van der Waals surface area contributed by atoms with Crippen molar-refractivity contribution >= 4 is 17.6 Å². The third-order valence-corrected chi connectivity index (χ3v) is 3.11. The fraction of sp³-hybridized carbons (Fsp3) is 0.438. The van der Waals surface area contributed by atoms with E-state index in [0.29, 0.717) is 11.3 Å². The summed E-state index contributed by atoms with van der Waals surface area (Å²) in [5.74, 6) is 0.333. The van der Waals surface area contributed by atoms with Crippen LogP contribution >= 0.6 is 0 Å². The molecule has 2 aromatic rings. The molecule has 0 bridgehead atoms. The smallest absolute Gasteiger partial charge is 0.408 e. The van der Waals surface area contributed by atoms with Crippen molar-refractivity contribution in [3.63, 3.8) is 0 Å². The number of rotatable bonds is 3. The topological polar surface area (TPSA) is 72.7 Å². The first-order valence-electron chi connectivity index (χ1n) is 7.20. The summed E-state index contributed by atoms with van der Waals surface area (Å²) in [6.07, 6.45) is 1.03. The number of carbonyl (C=O) groups excluding carboxylic acids is 2. The minimum absolute atomic E-state index is 0.278. The Balaban J connectivity index is 2.42. The van der Waals surface area contributed by atoms with Gasteiger partial charge in [-0.2, -0.15) is 4.39 Å². The van der Waals surface area contributed by atoms with Crippen LogP contribution in [0.1, 0.15) is 50.9 Å². The maximum absolute atomic E-state index is 13.2. The number of nitrogens with zero attached hydrogens (tertiary/aromatic N) is 2. The molecule has 0 atom stereocenters. The van der Waals surface area contributed by atoms with Crippen molar-refractivity contribution < 1.29 is 18.7 Å². The molecule has 6 nitrogen and oxygen atoms in total. The third kappa shape index (κ3) is 3.67. The lowest BCUT2D eigenvalue weighted by molar-refractivity contribution is 0.0465. The molecule has 0 fully saturated rings. The number of alkyl carbamates (subject to hydrolysis) is 1. The third-order valence-electron chi connectivity index (χ3n) is 3.11. The van der Waals surface area contributed by atoms with Crippen molar-refractivity contribution in [1.82, 2.24) is 14.7 Å². The molecule has 0 saturated heterocycles. The molecular formula is C16H20FN3O3. The molecule has 0 spiro atoms. The van der Waals surface area contributed by atoms with Crippen molar-refractivity contribution in [3.05, 3.63) is 35.9 Å². The van der Waals surface area contributed by atoms with Crippen molar-refractivity contribution in [2.45, 2.75) is 45.8 Å². The van der Waals surface area contributed by atoms with Crippen LogP contribution in [0.15, 0.2) is 24.4 Å². The molecule has 0 aliphatic rings. The van der Waals surface area contributed by atoms with Crippen molar-refractivity contribution in [3.8, 4) is 0 Å². The van der Waals surface area contributed by atoms with E-state index >= 15 is 0 Å². The summed E-state index contributed by atoms with van der Waals surface area (Å²) in [6.45, 7) is 8.66. The van der Waals surface area contributed by atoms with Gasteiger partial charge in [0, 0.05) is 6.20 Å². The Morgan fingerprint density at radius 1 is 1.22 bits per heavy atom. The number of fused-ring (bicyclic) bond motifs is 1. The average molecular weight is 321 g/mol. The minimum Gasteiger partial charge on any atom is -0.444 e. The van der Waals surface area contributed by atoms with Gasteiger partial charge in [0.05, 0.1) is 11.1 Å². The molecule has 23 heavy (non-hydrogen) atoms. The molecule has 7 heteroatoms. The average Bonchev–Trinajstić information content (AvgIpc) is 2.75. The molecule has 1 amide bonds. The number of hydrogen-bond acceptors (Lipinski definition) is 4. The molecule has 0 radical (unpaired) electrons. The SMILES string of the molecule is CC(C)(C)OC(=O)NC(C)(C)c1nc(C(=O)F)c2ccccn12. The van der Waals surface area contributed by atoms with Gasteiger partial charge < -0.3 is 14.5 Å². The number of aromatic nitrogens is 2. The Morgan fingerprint density at radius 3 is 2.43 bits per heavy atom. The highest BCUT2D eigenvalue weighted by Gasteiger charge is 2.32. The lowest BCUT2D eigenvalue weighted by Gasteiger charge is -2.27. The summed E-state index contributed by atoms with van der Waals surface area (Å²) < 4.78 is 20.0. The maximum atomic E-state index is 13.2. The molecule has 0 aliphatic carbocycles. The lowest BCUT2D eigenvalue weighted by Crippen LogP contribution is -2.44. The zero-order valence-corrected chi connectivity index (χ0v) is 13.8. The highest BCUT2D eigenvalue weighted by atomic mass is 19.1. The second-order valence-corrected chi connectivity index (χ2v) is 6.77. The largest absolute Gasteiger partial charge is 0.444 e. The minimum atomic E-state index is -1.62. The van der Waals surface area contributed by atoms with E-state index in [-0.39, 0.29) is 5.69 Å². The van der Waals surface area contributed by atoms with Crippen LogP contribution in [0.3, 0.4) is 0 Å². The summed E-state index contributed by atoms with van der Waals surface area (Å²) >= 11 is 0. The summed E-state index contributed by atoms with van der Waals surface area (Å²) in [6, 6.07) is 3.39. The molecule has 0 saturated carbocycles. The lowest BCUT2D eigenvalue weighted by atomic mass is 10.1. The second kappa shape index (κ2) is 5.64. The van der Waals surface area contributed by atoms with E-state index in [1.807, 2.05) is 0 Å². The summed E-state index contributed by atoms with van der Waals surface area (Å²) in [4.78, 5) is 27.2. The molecule has 0 unspecified atom stereocenters. The molecular weight excluding hydrogens is 301 g/mol. The van der Waals surface area contributed by atoms with E-state index in [4.69, 9.17) is 4.74 Å². The van der Waals surface area contributed by atoms with Gasteiger partial charge in [0.2, 0.25) is 0 Å². The first-order valence-corrected chi connectivity index (χ1v) is 7.20. The van der Waals surface area contributed by atoms with Gasteiger partial charge >= 0.3 is 12.1 Å². The quantitative estimate of drug-likeness (QED) is 0.881. The summed E-state index contributed by atoms with van der Waals surface area (Å²) in [5, 5.41) is 2.70. The standard InChI is InChI=1S/C16H20FN3O3/c1-15(2,3)23-14(22)19-16(4,5)13-18-11(12(17)21)10-8-6-7-9-20(10)13/h6-9H,1-5H3,(H,19,22). The van der Waals surface area contributed by atoms with E-state index < -0.39 is 23.3 Å². The number of ether oxygens (including phenoxy) is 1. The first kappa shape index (κ1) is 16.9. The Morgan fingerprint density at radius 2 is 1.87 bits per heavy atom. The van der Waals surface area contributed by atoms with Crippen LogP contribution in [-0.2, 0) is 10.3 Å². The van der Waals surface area contributed by atoms with Crippen LogP contribution < -0.4 is 5.32 Å². The normalized spacial score (nSPS) is 12.3. The summed E-state index contributed by atoms with van der Waals surface area (Å²) in [7, 11) is 0. The van der Waals surface area contributed by atoms with Crippen molar-refractivity contribution in [1.29, 1.82) is 0 Å². The molecule has 0 aromatic carbocycles. The van der Waals surface area contributed by atoms with Crippen LogP contribution in [0, 0.1) is 0 Å². The Hall–Kier alpha value is -2.44. The van der Waals surface area contributed by atoms with Crippen LogP contribution in [0.2, 0.25) is 0 Å². The number of carbonyl (C=O) groups is 2. The molecule has 0 aliphatic heterocycles. The number of imidazole rings is 1. The van der Waals surface area contributed by atoms with E-state index in [1.165, 1.54) is 0 Å². The molecule has 1 N–H and O–H groups in total. The van der Waals surface area contributed by atoms with Gasteiger partial charge in [-0.05, 0) is 46.8 Å². The monoisotopic (exact) mass is 321 g/mol. The first-order chi connectivity index (χ1) is 10.5. The molecule has 124 valence electrons. The summed E-state index contributed by atoms with van der Waals surface area (Å²) in [5.41, 5.74) is -1.55. The van der Waals surface area contributed by atoms with Crippen LogP contribution in [0.5, 0.6) is 0 Å². The predicted molar refractivity (Wildman–Crippen MR) is 83.0 cm³/mol. The highest BCUT2D eigenvalue weighted by molar-refractivity contribution is 5.94. The number of nitrogens with one attached hydrogen (secondary N) is 1. The van der Waals surface area contributed by atoms with Crippen molar-refractivity contribution in [2.75, 3.05) is 0 Å². The Bertz CT molecular complexity index is 760. The van der Waals surface area contributed by atoms with E-state index in [2.05, 4.69) is 10.3 Å². The van der Waals surface area contributed by atoms with Gasteiger partial charge in [0.25, 0.3) is 0 Å². The maximum Gasteiger partial charge on any atom is 0.408 e. The molecule has 2 aromatic heterocycles. The Labute approximate surface area is 133 Å². The zero-order chi connectivity index (χ0) is 17.4. The van der Waals surface area contributed by atoms with E-state index in [1.54, 1.807) is 63.4 Å². The number of pyridine rings is 1. The molecule has 2 heterocycles. The van der Waals surface area contributed by atoms with Gasteiger partial charge in [0.15, 0.2) is 5.69 Å². The van der Waals surface area contributed by atoms with Gasteiger partial charge in [-0.1, -0.05) is 6.07 Å². The Kier molecular flexibility index (Phi) is 4.15.